The highest BCUT2D eigenvalue weighted by Gasteiger charge is 2.12. The highest BCUT2D eigenvalue weighted by molar-refractivity contribution is 5.82. The number of hydrogen-bond donors (Lipinski definition) is 0. The number of benzene rings is 1. The molecule has 0 aliphatic heterocycles. The van der Waals surface area contributed by atoms with E-state index in [9.17, 15) is 0 Å². The molecule has 0 fully saturated rings. The van der Waals surface area contributed by atoms with Gasteiger partial charge in [-0.15, -0.1) is 0 Å². The summed E-state index contributed by atoms with van der Waals surface area (Å²) in [6, 6.07) is 9.64. The van der Waals surface area contributed by atoms with Crippen LogP contribution in [0.4, 0.5) is 0 Å². The standard InChI is InChI=1S/C15H12N4/c1-10-5-6-17-9-12(10)15-18-13-4-3-11(8-16)7-14(13)19(15)2/h3-7,9H,1-2H3. The zero-order chi connectivity index (χ0) is 13.4. The van der Waals surface area contributed by atoms with Gasteiger partial charge in [0, 0.05) is 25.0 Å². The van der Waals surface area contributed by atoms with Crippen LogP contribution in [0.25, 0.3) is 22.4 Å². The van der Waals surface area contributed by atoms with E-state index >= 15 is 0 Å². The summed E-state index contributed by atoms with van der Waals surface area (Å²) in [5.74, 6) is 0.871. The first-order valence-electron chi connectivity index (χ1n) is 5.98. The van der Waals surface area contributed by atoms with Crippen molar-refractivity contribution < 1.29 is 0 Å². The third-order valence-electron chi connectivity index (χ3n) is 3.29. The number of pyridine rings is 1. The van der Waals surface area contributed by atoms with Crippen LogP contribution in [-0.4, -0.2) is 14.5 Å². The number of hydrogen-bond acceptors (Lipinski definition) is 3. The van der Waals surface area contributed by atoms with Crippen LogP contribution in [0.5, 0.6) is 0 Å². The summed E-state index contributed by atoms with van der Waals surface area (Å²) in [4.78, 5) is 8.79. The van der Waals surface area contributed by atoms with Gasteiger partial charge in [-0.1, -0.05) is 0 Å². The monoisotopic (exact) mass is 248 g/mol. The number of aromatic nitrogens is 3. The van der Waals surface area contributed by atoms with Crippen molar-refractivity contribution in [2.24, 2.45) is 7.05 Å². The van der Waals surface area contributed by atoms with Crippen molar-refractivity contribution in [3.8, 4) is 17.5 Å². The highest BCUT2D eigenvalue weighted by atomic mass is 15.1. The van der Waals surface area contributed by atoms with Crippen LogP contribution >= 0.6 is 0 Å². The third kappa shape index (κ3) is 1.76. The summed E-state index contributed by atoms with van der Waals surface area (Å²) in [6.45, 7) is 2.04. The van der Waals surface area contributed by atoms with Gasteiger partial charge in [-0.05, 0) is 36.8 Å². The fourth-order valence-corrected chi connectivity index (χ4v) is 2.20. The molecule has 92 valence electrons. The topological polar surface area (TPSA) is 54.5 Å². The van der Waals surface area contributed by atoms with Crippen molar-refractivity contribution in [3.05, 3.63) is 47.8 Å². The van der Waals surface area contributed by atoms with Crippen LogP contribution in [0.2, 0.25) is 0 Å². The normalized spacial score (nSPS) is 10.6. The fraction of sp³-hybridized carbons (Fsp3) is 0.133. The van der Waals surface area contributed by atoms with E-state index in [1.54, 1.807) is 12.3 Å². The molecule has 4 nitrogen and oxygen atoms in total. The zero-order valence-electron chi connectivity index (χ0n) is 10.8. The molecule has 0 unspecified atom stereocenters. The molecule has 0 spiro atoms. The molecule has 0 amide bonds. The second-order valence-corrected chi connectivity index (χ2v) is 4.50. The lowest BCUT2D eigenvalue weighted by molar-refractivity contribution is 0.955. The second-order valence-electron chi connectivity index (χ2n) is 4.50. The van der Waals surface area contributed by atoms with Crippen LogP contribution in [0.15, 0.2) is 36.7 Å². The number of nitriles is 1. The smallest absolute Gasteiger partial charge is 0.142 e. The molecule has 0 aliphatic carbocycles. The van der Waals surface area contributed by atoms with Gasteiger partial charge in [0.25, 0.3) is 0 Å². The van der Waals surface area contributed by atoms with Gasteiger partial charge < -0.3 is 4.57 Å². The Morgan fingerprint density at radius 2 is 2.11 bits per heavy atom. The van der Waals surface area contributed by atoms with Crippen molar-refractivity contribution in [1.82, 2.24) is 14.5 Å². The van der Waals surface area contributed by atoms with E-state index in [4.69, 9.17) is 5.26 Å². The Hall–Kier alpha value is -2.67. The molecule has 0 aliphatic rings. The van der Waals surface area contributed by atoms with Crippen molar-refractivity contribution in [3.63, 3.8) is 0 Å². The summed E-state index contributed by atoms with van der Waals surface area (Å²) < 4.78 is 2.00. The Balaban J connectivity index is 2.30. The molecule has 19 heavy (non-hydrogen) atoms. The Bertz CT molecular complexity index is 809. The molecule has 0 saturated heterocycles. The maximum atomic E-state index is 8.97. The molecule has 1 aromatic carbocycles. The summed E-state index contributed by atoms with van der Waals surface area (Å²) in [6.07, 6.45) is 3.59. The van der Waals surface area contributed by atoms with Crippen LogP contribution in [0, 0.1) is 18.3 Å². The van der Waals surface area contributed by atoms with E-state index in [1.807, 2.05) is 42.9 Å². The molecule has 0 N–H and O–H groups in total. The first-order chi connectivity index (χ1) is 9.20. The molecule has 4 heteroatoms. The van der Waals surface area contributed by atoms with Gasteiger partial charge in [0.05, 0.1) is 22.7 Å². The first kappa shape index (κ1) is 11.4. The predicted molar refractivity (Wildman–Crippen MR) is 73.4 cm³/mol. The number of aryl methyl sites for hydroxylation is 2. The van der Waals surface area contributed by atoms with E-state index in [1.165, 1.54) is 0 Å². The molecule has 0 saturated carbocycles. The Labute approximate surface area is 111 Å². The highest BCUT2D eigenvalue weighted by Crippen LogP contribution is 2.25. The first-order valence-corrected chi connectivity index (χ1v) is 5.98. The SMILES string of the molecule is Cc1ccncc1-c1nc2ccc(C#N)cc2n1C. The molecule has 0 bridgehead atoms. The van der Waals surface area contributed by atoms with E-state index in [2.05, 4.69) is 16.0 Å². The number of imidazole rings is 1. The number of rotatable bonds is 1. The van der Waals surface area contributed by atoms with Gasteiger partial charge in [0.1, 0.15) is 5.82 Å². The van der Waals surface area contributed by atoms with E-state index in [0.717, 1.165) is 28.0 Å². The summed E-state index contributed by atoms with van der Waals surface area (Å²) in [5, 5.41) is 8.97. The van der Waals surface area contributed by atoms with E-state index in [0.29, 0.717) is 5.56 Å². The van der Waals surface area contributed by atoms with E-state index in [-0.39, 0.29) is 0 Å². The maximum Gasteiger partial charge on any atom is 0.142 e. The van der Waals surface area contributed by atoms with Crippen LogP contribution in [0.3, 0.4) is 0 Å². The Morgan fingerprint density at radius 3 is 2.84 bits per heavy atom. The van der Waals surface area contributed by atoms with Crippen molar-refractivity contribution in [1.29, 1.82) is 5.26 Å². The van der Waals surface area contributed by atoms with Gasteiger partial charge in [0.2, 0.25) is 0 Å². The second kappa shape index (κ2) is 4.21. The molecule has 2 heterocycles. The molecule has 2 aromatic heterocycles. The van der Waals surface area contributed by atoms with Crippen LogP contribution in [0.1, 0.15) is 11.1 Å². The minimum absolute atomic E-state index is 0.643. The lowest BCUT2D eigenvalue weighted by Crippen LogP contribution is -1.95. The lowest BCUT2D eigenvalue weighted by Gasteiger charge is -2.04. The summed E-state index contributed by atoms with van der Waals surface area (Å²) in [7, 11) is 1.96. The molecule has 0 atom stereocenters. The molecule has 0 radical (unpaired) electrons. The average Bonchev–Trinajstić information content (AvgIpc) is 2.76. The van der Waals surface area contributed by atoms with Gasteiger partial charge in [-0.2, -0.15) is 5.26 Å². The molecule has 3 rings (SSSR count). The summed E-state index contributed by atoms with van der Waals surface area (Å²) in [5.41, 5.74) is 4.63. The van der Waals surface area contributed by atoms with Gasteiger partial charge in [-0.25, -0.2) is 4.98 Å². The van der Waals surface area contributed by atoms with Crippen LogP contribution < -0.4 is 0 Å². The minimum atomic E-state index is 0.643. The average molecular weight is 248 g/mol. The van der Waals surface area contributed by atoms with Crippen LogP contribution in [-0.2, 0) is 7.05 Å². The summed E-state index contributed by atoms with van der Waals surface area (Å²) >= 11 is 0. The number of fused-ring (bicyclic) bond motifs is 1. The van der Waals surface area contributed by atoms with Gasteiger partial charge >= 0.3 is 0 Å². The van der Waals surface area contributed by atoms with Crippen molar-refractivity contribution >= 4 is 11.0 Å². The van der Waals surface area contributed by atoms with Gasteiger partial charge in [-0.3, -0.25) is 4.98 Å². The molecular formula is C15H12N4. The fourth-order valence-electron chi connectivity index (χ4n) is 2.20. The zero-order valence-corrected chi connectivity index (χ0v) is 10.8. The molecular weight excluding hydrogens is 236 g/mol. The van der Waals surface area contributed by atoms with Crippen molar-refractivity contribution in [2.75, 3.05) is 0 Å². The maximum absolute atomic E-state index is 8.97. The Morgan fingerprint density at radius 1 is 1.26 bits per heavy atom. The third-order valence-corrected chi connectivity index (χ3v) is 3.29. The van der Waals surface area contributed by atoms with Crippen molar-refractivity contribution in [2.45, 2.75) is 6.92 Å². The Kier molecular flexibility index (Phi) is 2.53. The van der Waals surface area contributed by atoms with Gasteiger partial charge in [0.15, 0.2) is 0 Å². The quantitative estimate of drug-likeness (QED) is 0.665. The predicted octanol–water partition coefficient (Wildman–Crippen LogP) is 2.82. The largest absolute Gasteiger partial charge is 0.327 e. The lowest BCUT2D eigenvalue weighted by atomic mass is 10.1. The van der Waals surface area contributed by atoms with E-state index < -0.39 is 0 Å². The minimum Gasteiger partial charge on any atom is -0.327 e. The number of nitrogens with zero attached hydrogens (tertiary/aromatic N) is 4. The molecule has 3 aromatic rings.